The third-order valence-corrected chi connectivity index (χ3v) is 3.07. The van der Waals surface area contributed by atoms with Gasteiger partial charge in [-0.1, -0.05) is 19.8 Å². The maximum Gasteiger partial charge on any atom is 0.00965 e. The van der Waals surface area contributed by atoms with Crippen molar-refractivity contribution in [2.75, 3.05) is 13.1 Å². The van der Waals surface area contributed by atoms with Gasteiger partial charge >= 0.3 is 0 Å². The number of unbranched alkanes of at least 4 members (excludes halogenated alkanes) is 1. The predicted molar refractivity (Wildman–Crippen MR) is 83.1 cm³/mol. The molecule has 2 heteroatoms. The van der Waals surface area contributed by atoms with Gasteiger partial charge in [0.1, 0.15) is 0 Å². The van der Waals surface area contributed by atoms with E-state index in [0.717, 1.165) is 19.0 Å². The van der Waals surface area contributed by atoms with E-state index in [1.807, 2.05) is 0 Å². The first-order valence-corrected chi connectivity index (χ1v) is 7.60. The molecule has 2 nitrogen and oxygen atoms in total. The zero-order chi connectivity index (χ0) is 14.2. The molecule has 0 aliphatic heterocycles. The molecule has 0 aromatic heterocycles. The lowest BCUT2D eigenvalue weighted by Gasteiger charge is -2.22. The van der Waals surface area contributed by atoms with Crippen molar-refractivity contribution in [1.29, 1.82) is 0 Å². The molecule has 0 aliphatic carbocycles. The van der Waals surface area contributed by atoms with E-state index < -0.39 is 0 Å². The molecule has 0 heterocycles. The Hall–Kier alpha value is -0.0800. The normalized spacial score (nSPS) is 14.8. The molecule has 0 radical (unpaired) electrons. The minimum Gasteiger partial charge on any atom is -0.312 e. The van der Waals surface area contributed by atoms with Crippen LogP contribution in [0, 0.1) is 5.92 Å². The Balaban J connectivity index is 3.40. The number of hydrogen-bond donors (Lipinski definition) is 2. The fourth-order valence-electron chi connectivity index (χ4n) is 1.92. The van der Waals surface area contributed by atoms with Crippen molar-refractivity contribution >= 4 is 0 Å². The number of rotatable bonds is 8. The fourth-order valence-corrected chi connectivity index (χ4v) is 1.92. The second-order valence-corrected chi connectivity index (χ2v) is 7.74. The van der Waals surface area contributed by atoms with Crippen molar-refractivity contribution in [1.82, 2.24) is 10.6 Å². The maximum atomic E-state index is 3.56. The van der Waals surface area contributed by atoms with Gasteiger partial charge in [0, 0.05) is 11.1 Å². The minimum atomic E-state index is 0.260. The third kappa shape index (κ3) is 14.0. The molecule has 1 atom stereocenters. The van der Waals surface area contributed by atoms with Crippen LogP contribution in [0.4, 0.5) is 0 Å². The van der Waals surface area contributed by atoms with Gasteiger partial charge in [-0.25, -0.2) is 0 Å². The molecule has 0 fully saturated rings. The average Bonchev–Trinajstić information content (AvgIpc) is 2.13. The van der Waals surface area contributed by atoms with Gasteiger partial charge in [0.2, 0.25) is 0 Å². The Morgan fingerprint density at radius 2 is 1.22 bits per heavy atom. The summed E-state index contributed by atoms with van der Waals surface area (Å²) in [6.45, 7) is 18.1. The third-order valence-electron chi connectivity index (χ3n) is 3.07. The van der Waals surface area contributed by atoms with Crippen LogP contribution >= 0.6 is 0 Å². The molecule has 18 heavy (non-hydrogen) atoms. The summed E-state index contributed by atoms with van der Waals surface area (Å²) < 4.78 is 0. The van der Waals surface area contributed by atoms with Crippen LogP contribution in [0.25, 0.3) is 0 Å². The summed E-state index contributed by atoms with van der Waals surface area (Å²) in [7, 11) is 0. The minimum absolute atomic E-state index is 0.260. The van der Waals surface area contributed by atoms with Gasteiger partial charge in [-0.3, -0.25) is 0 Å². The molecule has 0 aromatic rings. The summed E-state index contributed by atoms with van der Waals surface area (Å²) in [5.41, 5.74) is 0.526. The molecule has 0 saturated carbocycles. The highest BCUT2D eigenvalue weighted by atomic mass is 14.9. The standard InChI is InChI=1S/C16H36N2/c1-14(11-13-18-16(5,6)7)10-8-9-12-17-15(2,3)4/h14,17-18H,8-13H2,1-7H3. The molecule has 0 saturated heterocycles. The van der Waals surface area contributed by atoms with Gasteiger partial charge in [0.25, 0.3) is 0 Å². The van der Waals surface area contributed by atoms with E-state index >= 15 is 0 Å². The lowest BCUT2D eigenvalue weighted by Crippen LogP contribution is -2.37. The lowest BCUT2D eigenvalue weighted by atomic mass is 9.99. The summed E-state index contributed by atoms with van der Waals surface area (Å²) in [6.07, 6.45) is 5.30. The quantitative estimate of drug-likeness (QED) is 0.642. The van der Waals surface area contributed by atoms with Crippen molar-refractivity contribution in [3.05, 3.63) is 0 Å². The van der Waals surface area contributed by atoms with Crippen LogP contribution < -0.4 is 10.6 Å². The lowest BCUT2D eigenvalue weighted by molar-refractivity contribution is 0.374. The Morgan fingerprint density at radius 1 is 0.722 bits per heavy atom. The summed E-state index contributed by atoms with van der Waals surface area (Å²) in [6, 6.07) is 0. The molecule has 0 bridgehead atoms. The largest absolute Gasteiger partial charge is 0.312 e. The highest BCUT2D eigenvalue weighted by Crippen LogP contribution is 2.12. The number of hydrogen-bond acceptors (Lipinski definition) is 2. The Bertz CT molecular complexity index is 198. The van der Waals surface area contributed by atoms with Gasteiger partial charge in [-0.05, 0) is 73.4 Å². The van der Waals surface area contributed by atoms with Crippen LogP contribution in [0.15, 0.2) is 0 Å². The highest BCUT2D eigenvalue weighted by molar-refractivity contribution is 4.71. The van der Waals surface area contributed by atoms with Crippen LogP contribution in [0.1, 0.15) is 74.1 Å². The van der Waals surface area contributed by atoms with E-state index in [-0.39, 0.29) is 11.1 Å². The van der Waals surface area contributed by atoms with Gasteiger partial charge in [-0.15, -0.1) is 0 Å². The second kappa shape index (κ2) is 8.16. The van der Waals surface area contributed by atoms with E-state index in [9.17, 15) is 0 Å². The van der Waals surface area contributed by atoms with Crippen LogP contribution in [0.2, 0.25) is 0 Å². The van der Waals surface area contributed by atoms with Gasteiger partial charge in [0.15, 0.2) is 0 Å². The summed E-state index contributed by atoms with van der Waals surface area (Å²) in [5.74, 6) is 0.842. The van der Waals surface area contributed by atoms with Crippen molar-refractivity contribution in [2.24, 2.45) is 5.92 Å². The van der Waals surface area contributed by atoms with E-state index in [2.05, 4.69) is 59.1 Å². The molecule has 1 unspecified atom stereocenters. The van der Waals surface area contributed by atoms with Gasteiger partial charge in [-0.2, -0.15) is 0 Å². The first-order valence-electron chi connectivity index (χ1n) is 7.60. The highest BCUT2D eigenvalue weighted by Gasteiger charge is 2.10. The van der Waals surface area contributed by atoms with Crippen LogP contribution in [0.3, 0.4) is 0 Å². The molecule has 2 N–H and O–H groups in total. The molecule has 0 aromatic carbocycles. The topological polar surface area (TPSA) is 24.1 Å². The van der Waals surface area contributed by atoms with Crippen molar-refractivity contribution in [2.45, 2.75) is 85.2 Å². The fraction of sp³-hybridized carbons (Fsp3) is 1.00. The monoisotopic (exact) mass is 256 g/mol. The zero-order valence-electron chi connectivity index (χ0n) is 13.8. The van der Waals surface area contributed by atoms with E-state index in [4.69, 9.17) is 0 Å². The molecule has 0 rings (SSSR count). The molecule has 110 valence electrons. The summed E-state index contributed by atoms with van der Waals surface area (Å²) in [4.78, 5) is 0. The molecule has 0 aliphatic rings. The van der Waals surface area contributed by atoms with Crippen molar-refractivity contribution in [3.8, 4) is 0 Å². The van der Waals surface area contributed by atoms with E-state index in [1.54, 1.807) is 0 Å². The number of nitrogens with one attached hydrogen (secondary N) is 2. The van der Waals surface area contributed by atoms with Gasteiger partial charge < -0.3 is 10.6 Å². The molecule has 0 amide bonds. The summed E-state index contributed by atoms with van der Waals surface area (Å²) in [5, 5.41) is 7.11. The van der Waals surface area contributed by atoms with Gasteiger partial charge in [0.05, 0.1) is 0 Å². The summed E-state index contributed by atoms with van der Waals surface area (Å²) >= 11 is 0. The first-order chi connectivity index (χ1) is 8.10. The predicted octanol–water partition coefficient (Wildman–Crippen LogP) is 3.96. The van der Waals surface area contributed by atoms with E-state index in [1.165, 1.54) is 25.7 Å². The van der Waals surface area contributed by atoms with Crippen molar-refractivity contribution < 1.29 is 0 Å². The zero-order valence-corrected chi connectivity index (χ0v) is 13.8. The average molecular weight is 256 g/mol. The van der Waals surface area contributed by atoms with Crippen molar-refractivity contribution in [3.63, 3.8) is 0 Å². The Kier molecular flexibility index (Phi) is 8.13. The smallest absolute Gasteiger partial charge is 0.00965 e. The second-order valence-electron chi connectivity index (χ2n) is 7.74. The Labute approximate surface area is 115 Å². The van der Waals surface area contributed by atoms with Crippen LogP contribution in [-0.2, 0) is 0 Å². The molecule has 0 spiro atoms. The van der Waals surface area contributed by atoms with Crippen LogP contribution in [0.5, 0.6) is 0 Å². The molecular weight excluding hydrogens is 220 g/mol. The Morgan fingerprint density at radius 3 is 1.72 bits per heavy atom. The SMILES string of the molecule is CC(CCCCNC(C)(C)C)CCNC(C)(C)C. The maximum absolute atomic E-state index is 3.56. The van der Waals surface area contributed by atoms with E-state index in [0.29, 0.717) is 0 Å². The van der Waals surface area contributed by atoms with Crippen LogP contribution in [-0.4, -0.2) is 24.2 Å². The first kappa shape index (κ1) is 17.9. The molecular formula is C16H36N2.